The van der Waals surface area contributed by atoms with Crippen LogP contribution in [0.5, 0.6) is 0 Å². The lowest BCUT2D eigenvalue weighted by atomic mass is 10.1. The largest absolute Gasteiger partial charge is 0.455 e. The Balaban J connectivity index is 1.33. The van der Waals surface area contributed by atoms with Gasteiger partial charge in [0.25, 0.3) is 5.91 Å². The van der Waals surface area contributed by atoms with Crippen molar-refractivity contribution < 1.29 is 19.1 Å². The summed E-state index contributed by atoms with van der Waals surface area (Å²) in [5.74, 6) is -1.19. The maximum atomic E-state index is 12.8. The third-order valence-corrected chi connectivity index (χ3v) is 7.07. The first-order valence-corrected chi connectivity index (χ1v) is 12.1. The van der Waals surface area contributed by atoms with Crippen LogP contribution in [0.3, 0.4) is 0 Å². The molecule has 1 aromatic carbocycles. The highest BCUT2D eigenvalue weighted by molar-refractivity contribution is 7.12. The molecule has 0 N–H and O–H groups in total. The molecule has 1 atom stereocenters. The van der Waals surface area contributed by atoms with Crippen LogP contribution in [0.25, 0.3) is 0 Å². The van der Waals surface area contributed by atoms with Gasteiger partial charge in [0, 0.05) is 28.3 Å². The van der Waals surface area contributed by atoms with Crippen LogP contribution < -0.4 is 0 Å². The smallest absolute Gasteiger partial charge is 0.306 e. The number of thiophene rings is 2. The number of Topliss-reactive ketones (excluding diaryl/α,β-unsaturated/α-hetero) is 1. The minimum atomic E-state index is -0.602. The van der Waals surface area contributed by atoms with Crippen LogP contribution in [0.4, 0.5) is 0 Å². The van der Waals surface area contributed by atoms with Crippen molar-refractivity contribution in [2.75, 3.05) is 6.61 Å². The third kappa shape index (κ3) is 5.32. The molecule has 1 aliphatic rings. The number of amides is 1. The Hall–Kier alpha value is -2.81. The number of benzene rings is 1. The van der Waals surface area contributed by atoms with E-state index in [1.54, 1.807) is 46.9 Å². The van der Waals surface area contributed by atoms with Crippen molar-refractivity contribution in [1.29, 1.82) is 0 Å². The fourth-order valence-corrected chi connectivity index (χ4v) is 4.97. The topological polar surface area (TPSA) is 76.0 Å². The van der Waals surface area contributed by atoms with Gasteiger partial charge in [-0.2, -0.15) is 5.10 Å². The minimum absolute atomic E-state index is 0.00311. The molecule has 0 spiro atoms. The van der Waals surface area contributed by atoms with Crippen LogP contribution in [0, 0.1) is 0 Å². The summed E-state index contributed by atoms with van der Waals surface area (Å²) in [5.41, 5.74) is 1.32. The molecule has 4 rings (SSSR count). The lowest BCUT2D eigenvalue weighted by Gasteiger charge is -2.20. The molecule has 3 heterocycles. The average molecular weight is 487 g/mol. The SMILES string of the molecule is O=C(CCC(=O)c1ccc(Cl)cc1)OCC(=O)N1N=C(c2cccs2)CC1c1cccs1. The van der Waals surface area contributed by atoms with Gasteiger partial charge in [-0.05, 0) is 47.2 Å². The molecule has 9 heteroatoms. The molecule has 2 aromatic heterocycles. The highest BCUT2D eigenvalue weighted by atomic mass is 35.5. The highest BCUT2D eigenvalue weighted by Gasteiger charge is 2.34. The van der Waals surface area contributed by atoms with Gasteiger partial charge in [0.05, 0.1) is 23.1 Å². The fourth-order valence-electron chi connectivity index (χ4n) is 3.31. The van der Waals surface area contributed by atoms with Crippen LogP contribution in [0.2, 0.25) is 5.02 Å². The highest BCUT2D eigenvalue weighted by Crippen LogP contribution is 2.35. The van der Waals surface area contributed by atoms with Gasteiger partial charge >= 0.3 is 5.97 Å². The van der Waals surface area contributed by atoms with Gasteiger partial charge in [0.15, 0.2) is 12.4 Å². The Morgan fingerprint density at radius 1 is 1.03 bits per heavy atom. The summed E-state index contributed by atoms with van der Waals surface area (Å²) in [6, 6.07) is 14.1. The molecular formula is C23H19ClN2O4S2. The van der Waals surface area contributed by atoms with Gasteiger partial charge in [-0.25, -0.2) is 5.01 Å². The fraction of sp³-hybridized carbons (Fsp3) is 0.217. The number of esters is 1. The Bertz CT molecular complexity index is 1130. The monoisotopic (exact) mass is 486 g/mol. The first kappa shape index (κ1) is 22.4. The van der Waals surface area contributed by atoms with E-state index in [1.165, 1.54) is 5.01 Å². The summed E-state index contributed by atoms with van der Waals surface area (Å²) in [4.78, 5) is 39.2. The van der Waals surface area contributed by atoms with Crippen molar-refractivity contribution in [2.24, 2.45) is 5.10 Å². The van der Waals surface area contributed by atoms with Gasteiger partial charge in [-0.15, -0.1) is 22.7 Å². The summed E-state index contributed by atoms with van der Waals surface area (Å²) in [7, 11) is 0. The number of carbonyl (C=O) groups is 3. The van der Waals surface area contributed by atoms with Crippen LogP contribution in [0.15, 0.2) is 64.4 Å². The van der Waals surface area contributed by atoms with E-state index in [-0.39, 0.29) is 24.7 Å². The Morgan fingerprint density at radius 2 is 1.78 bits per heavy atom. The average Bonchev–Trinajstić information content (AvgIpc) is 3.56. The second-order valence-corrected chi connectivity index (χ2v) is 9.45. The summed E-state index contributed by atoms with van der Waals surface area (Å²) in [6.07, 6.45) is 0.500. The van der Waals surface area contributed by atoms with Crippen molar-refractivity contribution in [1.82, 2.24) is 5.01 Å². The minimum Gasteiger partial charge on any atom is -0.455 e. The van der Waals surface area contributed by atoms with Crippen LogP contribution >= 0.6 is 34.3 Å². The van der Waals surface area contributed by atoms with Crippen LogP contribution in [-0.4, -0.2) is 35.0 Å². The van der Waals surface area contributed by atoms with Gasteiger partial charge in [-0.1, -0.05) is 23.7 Å². The van der Waals surface area contributed by atoms with Crippen molar-refractivity contribution in [3.8, 4) is 0 Å². The van der Waals surface area contributed by atoms with Crippen LogP contribution in [-0.2, 0) is 14.3 Å². The Labute approximate surface area is 198 Å². The molecular weight excluding hydrogens is 468 g/mol. The third-order valence-electron chi connectivity index (χ3n) is 4.92. The van der Waals surface area contributed by atoms with E-state index >= 15 is 0 Å². The number of ether oxygens (including phenoxy) is 1. The van der Waals surface area contributed by atoms with E-state index in [2.05, 4.69) is 5.10 Å². The number of hydrogen-bond acceptors (Lipinski definition) is 7. The van der Waals surface area contributed by atoms with E-state index in [1.807, 2.05) is 35.0 Å². The summed E-state index contributed by atoms with van der Waals surface area (Å²) >= 11 is 8.95. The van der Waals surface area contributed by atoms with E-state index in [0.717, 1.165) is 15.5 Å². The number of halogens is 1. The van der Waals surface area contributed by atoms with E-state index in [0.29, 0.717) is 17.0 Å². The predicted octanol–water partition coefficient (Wildman–Crippen LogP) is 5.35. The van der Waals surface area contributed by atoms with Gasteiger partial charge in [0.2, 0.25) is 0 Å². The van der Waals surface area contributed by atoms with Gasteiger partial charge in [-0.3, -0.25) is 14.4 Å². The number of carbonyl (C=O) groups excluding carboxylic acids is 3. The van der Waals surface area contributed by atoms with Crippen molar-refractivity contribution >= 4 is 57.6 Å². The molecule has 0 saturated heterocycles. The zero-order chi connectivity index (χ0) is 22.5. The number of hydrazone groups is 1. The molecule has 1 unspecified atom stereocenters. The predicted molar refractivity (Wildman–Crippen MR) is 125 cm³/mol. The molecule has 0 aliphatic carbocycles. The zero-order valence-electron chi connectivity index (χ0n) is 16.9. The lowest BCUT2D eigenvalue weighted by molar-refractivity contribution is -0.152. The maximum Gasteiger partial charge on any atom is 0.306 e. The van der Waals surface area contributed by atoms with E-state index in [4.69, 9.17) is 16.3 Å². The molecule has 0 saturated carbocycles. The number of hydrogen-bond donors (Lipinski definition) is 0. The van der Waals surface area contributed by atoms with Gasteiger partial charge in [0.1, 0.15) is 0 Å². The Kier molecular flexibility index (Phi) is 7.14. The number of rotatable bonds is 8. The molecule has 3 aromatic rings. The molecule has 1 aliphatic heterocycles. The molecule has 32 heavy (non-hydrogen) atoms. The summed E-state index contributed by atoms with van der Waals surface area (Å²) in [5, 5.41) is 10.4. The van der Waals surface area contributed by atoms with Crippen molar-refractivity contribution in [2.45, 2.75) is 25.3 Å². The molecule has 1 amide bonds. The van der Waals surface area contributed by atoms with Crippen LogP contribution in [0.1, 0.15) is 45.4 Å². The number of nitrogens with zero attached hydrogens (tertiary/aromatic N) is 2. The second kappa shape index (κ2) is 10.2. The summed E-state index contributed by atoms with van der Waals surface area (Å²) in [6.45, 7) is -0.420. The zero-order valence-corrected chi connectivity index (χ0v) is 19.3. The van der Waals surface area contributed by atoms with E-state index in [9.17, 15) is 14.4 Å². The summed E-state index contributed by atoms with van der Waals surface area (Å²) < 4.78 is 5.15. The second-order valence-electron chi connectivity index (χ2n) is 7.09. The lowest BCUT2D eigenvalue weighted by Crippen LogP contribution is -2.31. The molecule has 0 fully saturated rings. The quantitative estimate of drug-likeness (QED) is 0.318. The van der Waals surface area contributed by atoms with E-state index < -0.39 is 18.5 Å². The maximum absolute atomic E-state index is 12.8. The first-order chi connectivity index (χ1) is 15.5. The first-order valence-electron chi connectivity index (χ1n) is 9.92. The normalized spacial score (nSPS) is 15.5. The molecule has 0 bridgehead atoms. The van der Waals surface area contributed by atoms with Gasteiger partial charge < -0.3 is 4.74 Å². The molecule has 0 radical (unpaired) electrons. The molecule has 164 valence electrons. The van der Waals surface area contributed by atoms with Crippen molar-refractivity contribution in [3.05, 3.63) is 79.6 Å². The van der Waals surface area contributed by atoms with Crippen molar-refractivity contribution in [3.63, 3.8) is 0 Å². The Morgan fingerprint density at radius 3 is 2.47 bits per heavy atom. The molecule has 6 nitrogen and oxygen atoms in total. The standard InChI is InChI=1S/C23H19ClN2O4S2/c24-16-7-5-15(6-8-16)19(27)9-10-23(29)30-14-22(28)26-18(21-4-2-12-32-21)13-17(25-26)20-3-1-11-31-20/h1-8,11-12,18H,9-10,13-14H2. The number of ketones is 1.